The normalized spacial score (nSPS) is 22.8. The summed E-state index contributed by atoms with van der Waals surface area (Å²) in [5.74, 6) is -3.41. The van der Waals surface area contributed by atoms with Gasteiger partial charge in [-0.3, -0.25) is 19.7 Å². The van der Waals surface area contributed by atoms with Crippen molar-refractivity contribution < 1.29 is 18.3 Å². The summed E-state index contributed by atoms with van der Waals surface area (Å²) in [6, 6.07) is 4.98. The predicted molar refractivity (Wildman–Crippen MR) is 111 cm³/mol. The molecule has 1 aromatic heterocycles. The summed E-state index contributed by atoms with van der Waals surface area (Å²) in [7, 11) is 0. The van der Waals surface area contributed by atoms with Gasteiger partial charge in [-0.05, 0) is 25.0 Å². The van der Waals surface area contributed by atoms with Crippen LogP contribution in [-0.4, -0.2) is 72.0 Å². The number of Topliss-reactive ketones (excluding diaryl/α,β-unsaturated/α-hetero) is 1. The lowest BCUT2D eigenvalue weighted by atomic mass is 9.88. The number of hydrogen-bond donors (Lipinski definition) is 0. The van der Waals surface area contributed by atoms with Gasteiger partial charge in [0.1, 0.15) is 22.9 Å². The van der Waals surface area contributed by atoms with Crippen molar-refractivity contribution in [3.63, 3.8) is 0 Å². The molecule has 0 saturated carbocycles. The average molecular weight is 429 g/mol. The maximum Gasteiger partial charge on any atom is 0.265 e. The van der Waals surface area contributed by atoms with Crippen molar-refractivity contribution >= 4 is 22.5 Å². The van der Waals surface area contributed by atoms with Crippen LogP contribution in [0.25, 0.3) is 11.0 Å². The lowest BCUT2D eigenvalue weighted by molar-refractivity contribution is -0.127. The average Bonchev–Trinajstić information content (AvgIpc) is 2.77. The monoisotopic (exact) mass is 429 g/mol. The topological polar surface area (TPSA) is 82.3 Å². The molecule has 2 fully saturated rings. The molecule has 3 heterocycles. The number of nitriles is 1. The Labute approximate surface area is 179 Å². The highest BCUT2D eigenvalue weighted by atomic mass is 19.3. The molecule has 2 atom stereocenters. The second-order valence-electron chi connectivity index (χ2n) is 8.30. The summed E-state index contributed by atoms with van der Waals surface area (Å²) in [6.45, 7) is 4.24. The summed E-state index contributed by atoms with van der Waals surface area (Å²) in [5, 5.41) is 9.32. The number of ketones is 1. The first kappa shape index (κ1) is 21.5. The number of ether oxygens (including phenoxy) is 1. The number of alkyl halides is 2. The van der Waals surface area contributed by atoms with Crippen LogP contribution in [0.15, 0.2) is 24.5 Å². The summed E-state index contributed by atoms with van der Waals surface area (Å²) < 4.78 is 34.7. The number of morpholine rings is 1. The van der Waals surface area contributed by atoms with Crippen LogP contribution in [0.2, 0.25) is 0 Å². The van der Waals surface area contributed by atoms with Crippen molar-refractivity contribution in [1.29, 1.82) is 5.26 Å². The van der Waals surface area contributed by atoms with Crippen molar-refractivity contribution in [2.24, 2.45) is 5.92 Å². The Bertz CT molecular complexity index is 1000. The third kappa shape index (κ3) is 4.65. The molecule has 9 heteroatoms. The first-order valence-corrected chi connectivity index (χ1v) is 10.5. The highest BCUT2D eigenvalue weighted by Gasteiger charge is 2.42. The molecule has 31 heavy (non-hydrogen) atoms. The molecule has 2 aromatic rings. The molecule has 0 aliphatic carbocycles. The van der Waals surface area contributed by atoms with Crippen molar-refractivity contribution in [3.8, 4) is 6.07 Å². The van der Waals surface area contributed by atoms with Gasteiger partial charge in [0.2, 0.25) is 0 Å². The Kier molecular flexibility index (Phi) is 6.12. The number of aromatic nitrogens is 2. The molecule has 2 aliphatic rings. The summed E-state index contributed by atoms with van der Waals surface area (Å²) in [6.07, 6.45) is 2.75. The van der Waals surface area contributed by atoms with E-state index in [9.17, 15) is 18.8 Å². The van der Waals surface area contributed by atoms with E-state index in [-0.39, 0.29) is 24.7 Å². The molecule has 0 bridgehead atoms. The molecule has 0 amide bonds. The number of piperidine rings is 1. The smallest absolute Gasteiger partial charge is 0.265 e. The van der Waals surface area contributed by atoms with E-state index < -0.39 is 18.4 Å². The zero-order chi connectivity index (χ0) is 22.0. The number of hydrogen-bond acceptors (Lipinski definition) is 7. The van der Waals surface area contributed by atoms with E-state index in [0.717, 1.165) is 0 Å². The van der Waals surface area contributed by atoms with Crippen LogP contribution >= 0.6 is 0 Å². The Hall–Kier alpha value is -2.70. The molecule has 0 N–H and O–H groups in total. The van der Waals surface area contributed by atoms with E-state index in [2.05, 4.69) is 16.0 Å². The standard InChI is InChI=1S/C22H25F2N5O2/c1-15(28-6-8-31-9-7-28)19(30)10-16-11-22(23,24)14-29(13-16)18-3-2-17(12-25)20-21(18)27-5-4-26-20/h2-5,15-16H,6-11,13-14H2,1H3. The van der Waals surface area contributed by atoms with Gasteiger partial charge in [0.15, 0.2) is 0 Å². The van der Waals surface area contributed by atoms with Gasteiger partial charge in [-0.15, -0.1) is 0 Å². The summed E-state index contributed by atoms with van der Waals surface area (Å²) >= 11 is 0. The summed E-state index contributed by atoms with van der Waals surface area (Å²) in [5.41, 5.74) is 1.68. The van der Waals surface area contributed by atoms with Crippen LogP contribution in [-0.2, 0) is 9.53 Å². The minimum Gasteiger partial charge on any atom is -0.379 e. The van der Waals surface area contributed by atoms with E-state index in [1.165, 1.54) is 12.4 Å². The first-order valence-electron chi connectivity index (χ1n) is 10.5. The molecule has 4 rings (SSSR count). The fourth-order valence-electron chi connectivity index (χ4n) is 4.54. The van der Waals surface area contributed by atoms with E-state index >= 15 is 0 Å². The minimum atomic E-state index is -2.92. The van der Waals surface area contributed by atoms with Gasteiger partial charge in [0.25, 0.3) is 5.92 Å². The minimum absolute atomic E-state index is 0.0194. The molecule has 2 saturated heterocycles. The Morgan fingerprint density at radius 3 is 2.71 bits per heavy atom. The fourth-order valence-corrected chi connectivity index (χ4v) is 4.54. The third-order valence-electron chi connectivity index (χ3n) is 6.10. The van der Waals surface area contributed by atoms with Crippen LogP contribution in [0.1, 0.15) is 25.3 Å². The maximum absolute atomic E-state index is 14.7. The van der Waals surface area contributed by atoms with E-state index in [1.54, 1.807) is 17.0 Å². The second-order valence-corrected chi connectivity index (χ2v) is 8.30. The zero-order valence-electron chi connectivity index (χ0n) is 17.4. The van der Waals surface area contributed by atoms with Gasteiger partial charge < -0.3 is 9.64 Å². The predicted octanol–water partition coefficient (Wildman–Crippen LogP) is 2.64. The number of fused-ring (bicyclic) bond motifs is 1. The van der Waals surface area contributed by atoms with Gasteiger partial charge in [-0.1, -0.05) is 0 Å². The van der Waals surface area contributed by atoms with Crippen molar-refractivity contribution in [3.05, 3.63) is 30.1 Å². The SMILES string of the molecule is CC(C(=O)CC1CN(c2ccc(C#N)c3nccnc23)CC(F)(F)C1)N1CCOCC1. The molecular weight excluding hydrogens is 404 g/mol. The van der Waals surface area contributed by atoms with E-state index in [4.69, 9.17) is 4.74 Å². The largest absolute Gasteiger partial charge is 0.379 e. The molecule has 2 aliphatic heterocycles. The van der Waals surface area contributed by atoms with Crippen LogP contribution in [0, 0.1) is 17.2 Å². The van der Waals surface area contributed by atoms with Crippen molar-refractivity contribution in [2.45, 2.75) is 31.7 Å². The number of carbonyl (C=O) groups excluding carboxylic acids is 1. The lowest BCUT2D eigenvalue weighted by Gasteiger charge is -2.39. The van der Waals surface area contributed by atoms with E-state index in [1.807, 2.05) is 11.8 Å². The first-order chi connectivity index (χ1) is 14.9. The second kappa shape index (κ2) is 8.81. The number of halogens is 2. The zero-order valence-corrected chi connectivity index (χ0v) is 17.4. The number of benzene rings is 1. The molecule has 0 spiro atoms. The Morgan fingerprint density at radius 1 is 1.29 bits per heavy atom. The molecule has 7 nitrogen and oxygen atoms in total. The number of anilines is 1. The number of rotatable bonds is 5. The highest BCUT2D eigenvalue weighted by molar-refractivity contribution is 5.92. The van der Waals surface area contributed by atoms with Gasteiger partial charge >= 0.3 is 0 Å². The quantitative estimate of drug-likeness (QED) is 0.723. The molecule has 0 radical (unpaired) electrons. The number of carbonyl (C=O) groups is 1. The summed E-state index contributed by atoms with van der Waals surface area (Å²) in [4.78, 5) is 25.0. The fraction of sp³-hybridized carbons (Fsp3) is 0.545. The molecule has 164 valence electrons. The van der Waals surface area contributed by atoms with Crippen LogP contribution in [0.4, 0.5) is 14.5 Å². The van der Waals surface area contributed by atoms with Gasteiger partial charge in [0, 0.05) is 44.9 Å². The molecular formula is C22H25F2N5O2. The number of nitrogens with zero attached hydrogens (tertiary/aromatic N) is 5. The van der Waals surface area contributed by atoms with Gasteiger partial charge in [-0.25, -0.2) is 8.78 Å². The van der Waals surface area contributed by atoms with Crippen LogP contribution in [0.3, 0.4) is 0 Å². The molecule has 1 aromatic carbocycles. The van der Waals surface area contributed by atoms with Gasteiger partial charge in [-0.2, -0.15) is 5.26 Å². The maximum atomic E-state index is 14.7. The third-order valence-corrected chi connectivity index (χ3v) is 6.10. The Morgan fingerprint density at radius 2 is 2.00 bits per heavy atom. The van der Waals surface area contributed by atoms with E-state index in [0.29, 0.717) is 55.1 Å². The van der Waals surface area contributed by atoms with Gasteiger partial charge in [0.05, 0.1) is 37.1 Å². The van der Waals surface area contributed by atoms with Crippen molar-refractivity contribution in [2.75, 3.05) is 44.3 Å². The molecule has 2 unspecified atom stereocenters. The van der Waals surface area contributed by atoms with Crippen LogP contribution in [0.5, 0.6) is 0 Å². The Balaban J connectivity index is 1.55. The van der Waals surface area contributed by atoms with Crippen LogP contribution < -0.4 is 4.90 Å². The van der Waals surface area contributed by atoms with Crippen molar-refractivity contribution in [1.82, 2.24) is 14.9 Å². The lowest BCUT2D eigenvalue weighted by Crippen LogP contribution is -2.50. The highest BCUT2D eigenvalue weighted by Crippen LogP contribution is 2.37.